The van der Waals surface area contributed by atoms with E-state index in [-0.39, 0.29) is 28.8 Å². The van der Waals surface area contributed by atoms with Gasteiger partial charge in [-0.2, -0.15) is 8.78 Å². The van der Waals surface area contributed by atoms with Gasteiger partial charge in [-0.15, -0.1) is 0 Å². The highest BCUT2D eigenvalue weighted by Crippen LogP contribution is 2.37. The summed E-state index contributed by atoms with van der Waals surface area (Å²) >= 11 is 6.01. The van der Waals surface area contributed by atoms with Crippen LogP contribution in [-0.4, -0.2) is 9.97 Å². The van der Waals surface area contributed by atoms with Crippen LogP contribution in [0.15, 0.2) is 61.2 Å². The maximum atomic E-state index is 14.9. The summed E-state index contributed by atoms with van der Waals surface area (Å²) < 4.78 is 29.8. The molecule has 5 nitrogen and oxygen atoms in total. The summed E-state index contributed by atoms with van der Waals surface area (Å²) in [6, 6.07) is 14.6. The molecular formula is C20H18ClF2N5. The van der Waals surface area contributed by atoms with Crippen molar-refractivity contribution in [2.45, 2.75) is 12.5 Å². The Labute approximate surface area is 166 Å². The highest BCUT2D eigenvalue weighted by molar-refractivity contribution is 6.32. The van der Waals surface area contributed by atoms with E-state index in [1.54, 1.807) is 12.1 Å². The number of nitrogens with zero attached hydrogens (tertiary/aromatic N) is 3. The molecule has 4 N–H and O–H groups in total. The van der Waals surface area contributed by atoms with Crippen molar-refractivity contribution in [1.82, 2.24) is 9.97 Å². The largest absolute Gasteiger partial charge is 0.393 e. The van der Waals surface area contributed by atoms with Gasteiger partial charge in [-0.25, -0.2) is 15.8 Å². The molecule has 0 saturated heterocycles. The van der Waals surface area contributed by atoms with Gasteiger partial charge in [0.2, 0.25) is 5.82 Å². The molecule has 3 aromatic rings. The molecule has 8 heteroatoms. The number of alkyl halides is 2. The molecule has 0 radical (unpaired) electrons. The lowest BCUT2D eigenvalue weighted by atomic mass is 10.1. The van der Waals surface area contributed by atoms with Gasteiger partial charge in [-0.3, -0.25) is 5.01 Å². The maximum Gasteiger partial charge on any atom is 0.331 e. The first-order valence-corrected chi connectivity index (χ1v) is 8.71. The van der Waals surface area contributed by atoms with Crippen LogP contribution >= 0.6 is 11.6 Å². The second-order valence-corrected chi connectivity index (χ2v) is 6.40. The normalized spacial score (nSPS) is 11.3. The molecule has 0 aliphatic heterocycles. The third-order valence-electron chi connectivity index (χ3n) is 4.18. The minimum Gasteiger partial charge on any atom is -0.393 e. The van der Waals surface area contributed by atoms with Crippen LogP contribution in [-0.2, 0) is 12.5 Å². The Bertz CT molecular complexity index is 995. The first kappa shape index (κ1) is 19.7. The zero-order chi connectivity index (χ0) is 20.3. The third-order valence-corrected chi connectivity index (χ3v) is 4.47. The topological polar surface area (TPSA) is 81.1 Å². The first-order valence-electron chi connectivity index (χ1n) is 8.34. The molecule has 0 aliphatic rings. The molecule has 0 amide bonds. The quantitative estimate of drug-likeness (QED) is 0.364. The van der Waals surface area contributed by atoms with E-state index in [4.69, 9.17) is 23.2 Å². The van der Waals surface area contributed by atoms with Crippen molar-refractivity contribution in [1.29, 1.82) is 0 Å². The predicted octanol–water partition coefficient (Wildman–Crippen LogP) is 4.38. The van der Waals surface area contributed by atoms with Crippen LogP contribution in [0.3, 0.4) is 0 Å². The molecule has 0 aliphatic carbocycles. The number of hydrogen-bond donors (Lipinski definition) is 2. The second-order valence-electron chi connectivity index (χ2n) is 6.05. The van der Waals surface area contributed by atoms with E-state index in [0.29, 0.717) is 0 Å². The second kappa shape index (κ2) is 7.92. The summed E-state index contributed by atoms with van der Waals surface area (Å²) in [5.74, 6) is 1.77. The molecule has 0 fully saturated rings. The van der Waals surface area contributed by atoms with Gasteiger partial charge in [0.1, 0.15) is 5.69 Å². The summed E-state index contributed by atoms with van der Waals surface area (Å²) in [7, 11) is 0. The van der Waals surface area contributed by atoms with Crippen LogP contribution in [0.25, 0.3) is 6.08 Å². The molecule has 0 spiro atoms. The highest BCUT2D eigenvalue weighted by atomic mass is 35.5. The van der Waals surface area contributed by atoms with Crippen molar-refractivity contribution >= 4 is 29.2 Å². The average Bonchev–Trinajstić information content (AvgIpc) is 2.70. The zero-order valence-electron chi connectivity index (χ0n) is 14.8. The molecule has 0 bridgehead atoms. The molecule has 1 heterocycles. The summed E-state index contributed by atoms with van der Waals surface area (Å²) in [6.45, 7) is 3.92. The minimum atomic E-state index is -3.47. The van der Waals surface area contributed by atoms with Gasteiger partial charge in [0, 0.05) is 5.56 Å². The van der Waals surface area contributed by atoms with Crippen LogP contribution in [0.5, 0.6) is 0 Å². The van der Waals surface area contributed by atoms with E-state index < -0.39 is 11.7 Å². The molecule has 0 atom stereocenters. The van der Waals surface area contributed by atoms with Crippen molar-refractivity contribution in [3.8, 4) is 0 Å². The van der Waals surface area contributed by atoms with Crippen molar-refractivity contribution in [3.63, 3.8) is 0 Å². The zero-order valence-corrected chi connectivity index (χ0v) is 15.6. The lowest BCUT2D eigenvalue weighted by molar-refractivity contribution is 0.0329. The van der Waals surface area contributed by atoms with Crippen LogP contribution in [0.1, 0.15) is 22.5 Å². The van der Waals surface area contributed by atoms with E-state index in [1.807, 2.05) is 24.3 Å². The summed E-state index contributed by atoms with van der Waals surface area (Å²) in [5.41, 5.74) is 7.25. The maximum absolute atomic E-state index is 14.9. The number of hydrogen-bond acceptors (Lipinski definition) is 5. The van der Waals surface area contributed by atoms with Crippen LogP contribution in [0, 0.1) is 0 Å². The van der Waals surface area contributed by atoms with Gasteiger partial charge in [-0.05, 0) is 11.1 Å². The fraction of sp³-hybridized carbons (Fsp3) is 0.100. The van der Waals surface area contributed by atoms with Crippen molar-refractivity contribution < 1.29 is 8.78 Å². The average molecular weight is 402 g/mol. The first-order chi connectivity index (χ1) is 13.3. The predicted molar refractivity (Wildman–Crippen MR) is 108 cm³/mol. The molecule has 1 aromatic heterocycles. The number of hydrazine groups is 1. The Morgan fingerprint density at radius 3 is 2.39 bits per heavy atom. The monoisotopic (exact) mass is 401 g/mol. The molecule has 2 aromatic carbocycles. The van der Waals surface area contributed by atoms with E-state index in [1.165, 1.54) is 24.3 Å². The van der Waals surface area contributed by atoms with Crippen molar-refractivity contribution in [2.75, 3.05) is 10.7 Å². The van der Waals surface area contributed by atoms with Crippen LogP contribution < -0.4 is 16.6 Å². The van der Waals surface area contributed by atoms with Gasteiger partial charge < -0.3 is 5.73 Å². The number of aromatic nitrogens is 2. The summed E-state index contributed by atoms with van der Waals surface area (Å²) in [5, 5.41) is 0.874. The molecule has 0 saturated carbocycles. The SMILES string of the molecule is C=Cc1ccccc1CN(N)c1nc(C(F)(F)c2ccccc2)nc(Cl)c1N. The smallest absolute Gasteiger partial charge is 0.331 e. The van der Waals surface area contributed by atoms with Gasteiger partial charge in [-0.1, -0.05) is 78.9 Å². The number of halogens is 3. The van der Waals surface area contributed by atoms with Gasteiger partial charge in [0.25, 0.3) is 0 Å². The minimum absolute atomic E-state index is 0.0761. The van der Waals surface area contributed by atoms with Gasteiger partial charge in [0.15, 0.2) is 11.0 Å². The number of anilines is 2. The molecule has 3 rings (SSSR count). The summed E-state index contributed by atoms with van der Waals surface area (Å²) in [4.78, 5) is 7.62. The number of rotatable bonds is 6. The Kier molecular flexibility index (Phi) is 5.58. The van der Waals surface area contributed by atoms with Crippen molar-refractivity contribution in [3.05, 3.63) is 88.8 Å². The Hall–Kier alpha value is -3.03. The number of benzene rings is 2. The Balaban J connectivity index is 2.01. The van der Waals surface area contributed by atoms with Crippen LogP contribution in [0.2, 0.25) is 5.15 Å². The lowest BCUT2D eigenvalue weighted by Gasteiger charge is -2.23. The van der Waals surface area contributed by atoms with Gasteiger partial charge in [0.05, 0.1) is 6.54 Å². The third kappa shape index (κ3) is 3.81. The van der Waals surface area contributed by atoms with E-state index in [9.17, 15) is 8.78 Å². The Morgan fingerprint density at radius 1 is 1.07 bits per heavy atom. The number of nitrogens with two attached hydrogens (primary N) is 2. The van der Waals surface area contributed by atoms with E-state index in [0.717, 1.165) is 16.1 Å². The van der Waals surface area contributed by atoms with E-state index in [2.05, 4.69) is 16.5 Å². The van der Waals surface area contributed by atoms with Crippen LogP contribution in [0.4, 0.5) is 20.3 Å². The fourth-order valence-electron chi connectivity index (χ4n) is 2.70. The molecule has 28 heavy (non-hydrogen) atoms. The lowest BCUT2D eigenvalue weighted by Crippen LogP contribution is -2.33. The van der Waals surface area contributed by atoms with E-state index >= 15 is 0 Å². The fourth-order valence-corrected chi connectivity index (χ4v) is 2.87. The molecular weight excluding hydrogens is 384 g/mol. The molecule has 144 valence electrons. The standard InChI is InChI=1S/C20H18ClF2N5/c1-2-13-8-6-7-9-14(13)12-28(25)18-16(24)17(21)26-19(27-18)20(22,23)15-10-4-3-5-11-15/h2-11H,1,12,24-25H2. The summed E-state index contributed by atoms with van der Waals surface area (Å²) in [6.07, 6.45) is 1.68. The number of nitrogen functional groups attached to an aromatic ring is 1. The van der Waals surface area contributed by atoms with Gasteiger partial charge >= 0.3 is 5.92 Å². The molecule has 0 unspecified atom stereocenters. The highest BCUT2D eigenvalue weighted by Gasteiger charge is 2.38. The Morgan fingerprint density at radius 2 is 1.71 bits per heavy atom. The van der Waals surface area contributed by atoms with Crippen molar-refractivity contribution in [2.24, 2.45) is 5.84 Å².